The first-order chi connectivity index (χ1) is 13.6. The van der Waals surface area contributed by atoms with Crippen molar-refractivity contribution in [3.05, 3.63) is 63.7 Å². The van der Waals surface area contributed by atoms with Crippen molar-refractivity contribution >= 4 is 23.3 Å². The van der Waals surface area contributed by atoms with Gasteiger partial charge in [0.25, 0.3) is 11.6 Å². The number of nitro benzene ring substituents is 1. The number of esters is 1. The largest absolute Gasteiger partial charge is 0.482 e. The van der Waals surface area contributed by atoms with Crippen LogP contribution < -0.4 is 10.1 Å². The quantitative estimate of drug-likeness (QED) is 0.431. The summed E-state index contributed by atoms with van der Waals surface area (Å²) in [5, 5.41) is 13.5. The molecule has 8 heteroatoms. The van der Waals surface area contributed by atoms with Crippen molar-refractivity contribution in [2.75, 3.05) is 18.5 Å². The van der Waals surface area contributed by atoms with Gasteiger partial charge in [-0.1, -0.05) is 45.0 Å². The third-order valence-electron chi connectivity index (χ3n) is 4.15. The van der Waals surface area contributed by atoms with Gasteiger partial charge in [0.05, 0.1) is 4.92 Å². The Morgan fingerprint density at radius 2 is 1.72 bits per heavy atom. The van der Waals surface area contributed by atoms with Crippen molar-refractivity contribution in [2.24, 2.45) is 0 Å². The SMILES string of the molecule is Cc1cccc([N+](=O)[O-])c1NC(=O)COC(=O)COc1ccc(C(C)(C)C)cc1. The number of para-hydroxylation sites is 1. The summed E-state index contributed by atoms with van der Waals surface area (Å²) in [6.07, 6.45) is 0. The molecule has 0 radical (unpaired) electrons. The van der Waals surface area contributed by atoms with Crippen LogP contribution >= 0.6 is 0 Å². The number of ether oxygens (including phenoxy) is 2. The third kappa shape index (κ3) is 6.31. The summed E-state index contributed by atoms with van der Waals surface area (Å²) >= 11 is 0. The Labute approximate surface area is 169 Å². The molecule has 2 aromatic carbocycles. The van der Waals surface area contributed by atoms with E-state index in [0.717, 1.165) is 5.56 Å². The number of hydrogen-bond donors (Lipinski definition) is 1. The Bertz CT molecular complexity index is 900. The fourth-order valence-corrected chi connectivity index (χ4v) is 2.52. The molecular formula is C21H24N2O6. The summed E-state index contributed by atoms with van der Waals surface area (Å²) < 4.78 is 10.2. The maximum Gasteiger partial charge on any atom is 0.344 e. The van der Waals surface area contributed by atoms with Crippen LogP contribution in [-0.4, -0.2) is 30.0 Å². The number of nitro groups is 1. The van der Waals surface area contributed by atoms with E-state index in [1.807, 2.05) is 12.1 Å². The number of rotatable bonds is 7. The van der Waals surface area contributed by atoms with Crippen molar-refractivity contribution in [1.82, 2.24) is 0 Å². The fraction of sp³-hybridized carbons (Fsp3) is 0.333. The van der Waals surface area contributed by atoms with Crippen molar-refractivity contribution in [3.8, 4) is 5.75 Å². The van der Waals surface area contributed by atoms with Gasteiger partial charge in [-0.2, -0.15) is 0 Å². The molecule has 2 aromatic rings. The van der Waals surface area contributed by atoms with Gasteiger partial charge in [-0.25, -0.2) is 4.79 Å². The van der Waals surface area contributed by atoms with Gasteiger partial charge in [-0.05, 0) is 35.6 Å². The molecule has 2 rings (SSSR count). The molecule has 0 spiro atoms. The number of hydrogen-bond acceptors (Lipinski definition) is 6. The molecule has 0 aromatic heterocycles. The number of carbonyl (C=O) groups is 2. The molecule has 0 aliphatic carbocycles. The Balaban J connectivity index is 1.84. The van der Waals surface area contributed by atoms with Gasteiger partial charge >= 0.3 is 5.97 Å². The zero-order valence-electron chi connectivity index (χ0n) is 16.9. The molecule has 0 bridgehead atoms. The second-order valence-corrected chi connectivity index (χ2v) is 7.50. The maximum absolute atomic E-state index is 12.0. The van der Waals surface area contributed by atoms with E-state index in [1.165, 1.54) is 12.1 Å². The second-order valence-electron chi connectivity index (χ2n) is 7.50. The summed E-state index contributed by atoms with van der Waals surface area (Å²) in [5.41, 5.74) is 1.52. The lowest BCUT2D eigenvalue weighted by Crippen LogP contribution is -2.24. The van der Waals surface area contributed by atoms with Crippen molar-refractivity contribution in [1.29, 1.82) is 0 Å². The Kier molecular flexibility index (Phi) is 6.93. The normalized spacial score (nSPS) is 10.9. The molecule has 0 saturated carbocycles. The van der Waals surface area contributed by atoms with Gasteiger partial charge in [0, 0.05) is 6.07 Å². The van der Waals surface area contributed by atoms with Crippen LogP contribution in [0.2, 0.25) is 0 Å². The number of aryl methyl sites for hydroxylation is 1. The van der Waals surface area contributed by atoms with Crippen LogP contribution in [0.15, 0.2) is 42.5 Å². The van der Waals surface area contributed by atoms with Gasteiger partial charge in [0.2, 0.25) is 0 Å². The molecule has 1 amide bonds. The molecule has 0 fully saturated rings. The molecule has 8 nitrogen and oxygen atoms in total. The van der Waals surface area contributed by atoms with Crippen molar-refractivity contribution < 1.29 is 24.0 Å². The van der Waals surface area contributed by atoms with E-state index >= 15 is 0 Å². The first-order valence-corrected chi connectivity index (χ1v) is 9.01. The van der Waals surface area contributed by atoms with Gasteiger partial charge < -0.3 is 14.8 Å². The summed E-state index contributed by atoms with van der Waals surface area (Å²) in [6.45, 7) is 6.99. The summed E-state index contributed by atoms with van der Waals surface area (Å²) in [7, 11) is 0. The first kappa shape index (κ1) is 21.9. The minimum Gasteiger partial charge on any atom is -0.482 e. The van der Waals surface area contributed by atoms with E-state index in [0.29, 0.717) is 11.3 Å². The van der Waals surface area contributed by atoms with Crippen molar-refractivity contribution in [3.63, 3.8) is 0 Å². The summed E-state index contributed by atoms with van der Waals surface area (Å²) in [5.74, 6) is -0.889. The molecule has 0 heterocycles. The fourth-order valence-electron chi connectivity index (χ4n) is 2.52. The molecule has 29 heavy (non-hydrogen) atoms. The van der Waals surface area contributed by atoms with E-state index in [2.05, 4.69) is 26.1 Å². The average molecular weight is 400 g/mol. The highest BCUT2D eigenvalue weighted by molar-refractivity contribution is 5.95. The van der Waals surface area contributed by atoms with Gasteiger partial charge in [0.15, 0.2) is 13.2 Å². The number of amides is 1. The highest BCUT2D eigenvalue weighted by Crippen LogP contribution is 2.27. The van der Waals surface area contributed by atoms with Crippen LogP contribution in [0.1, 0.15) is 31.9 Å². The minimum atomic E-state index is -0.723. The lowest BCUT2D eigenvalue weighted by atomic mass is 9.87. The number of nitrogens with zero attached hydrogens (tertiary/aromatic N) is 1. The average Bonchev–Trinajstić information content (AvgIpc) is 2.65. The molecule has 0 saturated heterocycles. The Hall–Kier alpha value is -3.42. The van der Waals surface area contributed by atoms with E-state index in [4.69, 9.17) is 9.47 Å². The van der Waals surface area contributed by atoms with Crippen LogP contribution in [0.4, 0.5) is 11.4 Å². The van der Waals surface area contributed by atoms with E-state index in [9.17, 15) is 19.7 Å². The monoisotopic (exact) mass is 400 g/mol. The Morgan fingerprint density at radius 3 is 2.31 bits per heavy atom. The molecule has 154 valence electrons. The number of carbonyl (C=O) groups excluding carboxylic acids is 2. The molecular weight excluding hydrogens is 376 g/mol. The highest BCUT2D eigenvalue weighted by atomic mass is 16.6. The standard InChI is InChI=1S/C21H24N2O6/c1-14-6-5-7-17(23(26)27)20(14)22-18(24)12-29-19(25)13-28-16-10-8-15(9-11-16)21(2,3)4/h5-11H,12-13H2,1-4H3,(H,22,24). The zero-order chi connectivity index (χ0) is 21.6. The zero-order valence-corrected chi connectivity index (χ0v) is 16.9. The number of anilines is 1. The summed E-state index contributed by atoms with van der Waals surface area (Å²) in [6, 6.07) is 11.8. The molecule has 1 N–H and O–H groups in total. The maximum atomic E-state index is 12.0. The molecule has 0 aliphatic rings. The van der Waals surface area contributed by atoms with E-state index in [-0.39, 0.29) is 23.4 Å². The predicted octanol–water partition coefficient (Wildman–Crippen LogP) is 3.76. The topological polar surface area (TPSA) is 108 Å². The third-order valence-corrected chi connectivity index (χ3v) is 4.15. The predicted molar refractivity (Wildman–Crippen MR) is 108 cm³/mol. The molecule has 0 unspecified atom stereocenters. The minimum absolute atomic E-state index is 0.0109. The molecule has 0 atom stereocenters. The van der Waals surface area contributed by atoms with Crippen LogP contribution in [0.25, 0.3) is 0 Å². The number of nitrogens with one attached hydrogen (secondary N) is 1. The van der Waals surface area contributed by atoms with Crippen LogP contribution in [0, 0.1) is 17.0 Å². The first-order valence-electron chi connectivity index (χ1n) is 9.01. The van der Waals surface area contributed by atoms with Gasteiger partial charge in [-0.3, -0.25) is 14.9 Å². The second kappa shape index (κ2) is 9.18. The van der Waals surface area contributed by atoms with Crippen LogP contribution in [0.5, 0.6) is 5.75 Å². The Morgan fingerprint density at radius 1 is 1.07 bits per heavy atom. The lowest BCUT2D eigenvalue weighted by molar-refractivity contribution is -0.384. The molecule has 0 aliphatic heterocycles. The van der Waals surface area contributed by atoms with Gasteiger partial charge in [0.1, 0.15) is 11.4 Å². The smallest absolute Gasteiger partial charge is 0.344 e. The van der Waals surface area contributed by atoms with E-state index < -0.39 is 23.4 Å². The van der Waals surface area contributed by atoms with Crippen LogP contribution in [0.3, 0.4) is 0 Å². The van der Waals surface area contributed by atoms with E-state index in [1.54, 1.807) is 25.1 Å². The number of benzene rings is 2. The van der Waals surface area contributed by atoms with Crippen LogP contribution in [-0.2, 0) is 19.7 Å². The lowest BCUT2D eigenvalue weighted by Gasteiger charge is -2.19. The summed E-state index contributed by atoms with van der Waals surface area (Å²) in [4.78, 5) is 34.3. The highest BCUT2D eigenvalue weighted by Gasteiger charge is 2.18. The van der Waals surface area contributed by atoms with Crippen molar-refractivity contribution in [2.45, 2.75) is 33.1 Å². The van der Waals surface area contributed by atoms with Gasteiger partial charge in [-0.15, -0.1) is 0 Å².